The van der Waals surface area contributed by atoms with Gasteiger partial charge in [0.05, 0.1) is 5.69 Å². The van der Waals surface area contributed by atoms with Gasteiger partial charge in [0.25, 0.3) is 0 Å². The molecule has 0 unspecified atom stereocenters. The summed E-state index contributed by atoms with van der Waals surface area (Å²) in [5.74, 6) is 0. The van der Waals surface area contributed by atoms with Crippen molar-refractivity contribution in [2.45, 2.75) is 38.5 Å². The largest absolute Gasteiger partial charge is 0.454 e. The van der Waals surface area contributed by atoms with Gasteiger partial charge in [0.2, 0.25) is 0 Å². The molecule has 0 spiro atoms. The predicted molar refractivity (Wildman–Crippen MR) is 201 cm³/mol. The van der Waals surface area contributed by atoms with Gasteiger partial charge in [-0.15, -0.1) is 0 Å². The van der Waals surface area contributed by atoms with Crippen LogP contribution in [0.5, 0.6) is 0 Å². The zero-order valence-corrected chi connectivity index (χ0v) is 27.6. The highest BCUT2D eigenvalue weighted by Gasteiger charge is 2.38. The van der Waals surface area contributed by atoms with Crippen LogP contribution in [0.15, 0.2) is 144 Å². The summed E-state index contributed by atoms with van der Waals surface area (Å²) in [7, 11) is 0. The fourth-order valence-electron chi connectivity index (χ4n) is 8.81. The van der Waals surface area contributed by atoms with Gasteiger partial charge in [-0.25, -0.2) is 0 Å². The molecular formula is C46H35NO. The molecule has 10 rings (SSSR count). The molecule has 0 amide bonds. The minimum absolute atomic E-state index is 0.0654. The molecule has 2 heteroatoms. The lowest BCUT2D eigenvalue weighted by Crippen LogP contribution is -2.17. The Morgan fingerprint density at radius 1 is 0.438 bits per heavy atom. The SMILES string of the molecule is CC1(C)c2ccccc2-c2cc(N(c3ccc4c(c3)C(C)(C)c3ccccc3-4)c3c4ccccc4cc4c3oc3ccccc34)ccc21. The molecule has 8 aromatic rings. The summed E-state index contributed by atoms with van der Waals surface area (Å²) in [6.45, 7) is 9.40. The molecule has 7 aromatic carbocycles. The number of hydrogen-bond acceptors (Lipinski definition) is 2. The summed E-state index contributed by atoms with van der Waals surface area (Å²) in [6.07, 6.45) is 0. The van der Waals surface area contributed by atoms with E-state index >= 15 is 0 Å². The summed E-state index contributed by atoms with van der Waals surface area (Å²) in [5.41, 5.74) is 15.7. The average molecular weight is 618 g/mol. The van der Waals surface area contributed by atoms with E-state index < -0.39 is 0 Å². The van der Waals surface area contributed by atoms with Gasteiger partial charge in [-0.05, 0) is 86.3 Å². The summed E-state index contributed by atoms with van der Waals surface area (Å²) < 4.78 is 6.84. The number of fused-ring (bicyclic) bond motifs is 10. The second-order valence-electron chi connectivity index (χ2n) is 14.6. The van der Waals surface area contributed by atoms with E-state index in [-0.39, 0.29) is 10.8 Å². The number of para-hydroxylation sites is 1. The first-order valence-corrected chi connectivity index (χ1v) is 16.9. The lowest BCUT2D eigenvalue weighted by molar-refractivity contribution is 0.660. The summed E-state index contributed by atoms with van der Waals surface area (Å²) in [4.78, 5) is 2.46. The minimum atomic E-state index is -0.123. The number of nitrogens with zero attached hydrogens (tertiary/aromatic N) is 1. The topological polar surface area (TPSA) is 16.4 Å². The van der Waals surface area contributed by atoms with Crippen molar-refractivity contribution >= 4 is 49.8 Å². The van der Waals surface area contributed by atoms with Crippen molar-refractivity contribution in [1.82, 2.24) is 0 Å². The maximum absolute atomic E-state index is 6.84. The van der Waals surface area contributed by atoms with Gasteiger partial charge < -0.3 is 9.32 Å². The van der Waals surface area contributed by atoms with Crippen LogP contribution in [-0.4, -0.2) is 0 Å². The molecule has 0 aliphatic heterocycles. The molecule has 0 N–H and O–H groups in total. The Morgan fingerprint density at radius 3 is 1.79 bits per heavy atom. The van der Waals surface area contributed by atoms with Crippen LogP contribution in [0.4, 0.5) is 17.1 Å². The molecule has 0 fully saturated rings. The molecule has 2 aliphatic carbocycles. The third kappa shape index (κ3) is 3.58. The third-order valence-electron chi connectivity index (χ3n) is 11.2. The van der Waals surface area contributed by atoms with Crippen molar-refractivity contribution < 1.29 is 4.42 Å². The highest BCUT2D eigenvalue weighted by atomic mass is 16.3. The summed E-state index contributed by atoms with van der Waals surface area (Å²) >= 11 is 0. The highest BCUT2D eigenvalue weighted by Crippen LogP contribution is 2.54. The first-order chi connectivity index (χ1) is 23.3. The van der Waals surface area contributed by atoms with Crippen LogP contribution < -0.4 is 4.90 Å². The Bertz CT molecular complexity index is 2630. The second-order valence-corrected chi connectivity index (χ2v) is 14.6. The van der Waals surface area contributed by atoms with Crippen LogP contribution in [0, 0.1) is 0 Å². The third-order valence-corrected chi connectivity index (χ3v) is 11.2. The molecule has 2 aliphatic rings. The quantitative estimate of drug-likeness (QED) is 0.196. The van der Waals surface area contributed by atoms with Gasteiger partial charge >= 0.3 is 0 Å². The number of furan rings is 1. The van der Waals surface area contributed by atoms with E-state index in [1.807, 2.05) is 0 Å². The van der Waals surface area contributed by atoms with E-state index in [0.29, 0.717) is 0 Å². The molecule has 0 saturated heterocycles. The molecule has 0 atom stereocenters. The fourth-order valence-corrected chi connectivity index (χ4v) is 8.81. The first-order valence-electron chi connectivity index (χ1n) is 16.9. The van der Waals surface area contributed by atoms with Gasteiger partial charge in [0, 0.05) is 38.4 Å². The predicted octanol–water partition coefficient (Wildman–Crippen LogP) is 12.8. The van der Waals surface area contributed by atoms with Crippen molar-refractivity contribution in [3.8, 4) is 22.3 Å². The normalized spacial score (nSPS) is 15.0. The van der Waals surface area contributed by atoms with Crippen LogP contribution in [0.1, 0.15) is 49.9 Å². The van der Waals surface area contributed by atoms with Crippen LogP contribution in [0.2, 0.25) is 0 Å². The van der Waals surface area contributed by atoms with E-state index in [1.54, 1.807) is 0 Å². The Balaban J connectivity index is 1.31. The summed E-state index contributed by atoms with van der Waals surface area (Å²) in [6, 6.07) is 51.4. The number of anilines is 3. The molecular weight excluding hydrogens is 583 g/mol. The van der Waals surface area contributed by atoms with E-state index in [2.05, 4.69) is 172 Å². The molecule has 1 heterocycles. The smallest absolute Gasteiger partial charge is 0.160 e. The minimum Gasteiger partial charge on any atom is -0.454 e. The highest BCUT2D eigenvalue weighted by molar-refractivity contribution is 6.19. The molecule has 0 saturated carbocycles. The second kappa shape index (κ2) is 9.49. The van der Waals surface area contributed by atoms with Crippen LogP contribution in [0.25, 0.3) is 55.0 Å². The van der Waals surface area contributed by atoms with Crippen molar-refractivity contribution in [2.75, 3.05) is 4.90 Å². The number of rotatable bonds is 3. The maximum atomic E-state index is 6.84. The van der Waals surface area contributed by atoms with E-state index in [9.17, 15) is 0 Å². The van der Waals surface area contributed by atoms with Crippen molar-refractivity contribution in [3.63, 3.8) is 0 Å². The van der Waals surface area contributed by atoms with E-state index in [4.69, 9.17) is 4.42 Å². The van der Waals surface area contributed by atoms with Crippen LogP contribution >= 0.6 is 0 Å². The van der Waals surface area contributed by atoms with Crippen molar-refractivity contribution in [3.05, 3.63) is 162 Å². The lowest BCUT2D eigenvalue weighted by Gasteiger charge is -2.30. The Kier molecular flexibility index (Phi) is 5.44. The molecule has 230 valence electrons. The molecule has 0 radical (unpaired) electrons. The van der Waals surface area contributed by atoms with Gasteiger partial charge in [0.1, 0.15) is 5.58 Å². The summed E-state index contributed by atoms with van der Waals surface area (Å²) in [5, 5.41) is 4.62. The Labute approximate surface area is 280 Å². The van der Waals surface area contributed by atoms with Gasteiger partial charge in [-0.1, -0.05) is 131 Å². The Hall–Kier alpha value is -5.60. The van der Waals surface area contributed by atoms with Crippen molar-refractivity contribution in [1.29, 1.82) is 0 Å². The zero-order chi connectivity index (χ0) is 32.4. The fraction of sp³-hybridized carbons (Fsp3) is 0.130. The van der Waals surface area contributed by atoms with Gasteiger partial charge in [-0.2, -0.15) is 0 Å². The van der Waals surface area contributed by atoms with Crippen LogP contribution in [-0.2, 0) is 10.8 Å². The first kappa shape index (κ1) is 27.5. The molecule has 48 heavy (non-hydrogen) atoms. The molecule has 2 nitrogen and oxygen atoms in total. The van der Waals surface area contributed by atoms with E-state index in [1.165, 1.54) is 49.9 Å². The average Bonchev–Trinajstić information content (AvgIpc) is 3.68. The van der Waals surface area contributed by atoms with Gasteiger partial charge in [0.15, 0.2) is 5.58 Å². The van der Waals surface area contributed by atoms with Crippen LogP contribution in [0.3, 0.4) is 0 Å². The Morgan fingerprint density at radius 2 is 1.00 bits per heavy atom. The van der Waals surface area contributed by atoms with E-state index in [0.717, 1.165) is 44.4 Å². The molecule has 0 bridgehead atoms. The monoisotopic (exact) mass is 617 g/mol. The number of benzene rings is 7. The van der Waals surface area contributed by atoms with Crippen molar-refractivity contribution in [2.24, 2.45) is 0 Å². The molecule has 1 aromatic heterocycles. The number of hydrogen-bond donors (Lipinski definition) is 0. The zero-order valence-electron chi connectivity index (χ0n) is 27.6. The van der Waals surface area contributed by atoms with Gasteiger partial charge in [-0.3, -0.25) is 0 Å². The standard InChI is InChI=1S/C46H35NO/c1-45(2)39-19-11-8-16-33(39)36-26-29(22-24-40(36)45)47(30-21-23-34-32-15-7-10-18-38(32)46(3,4)41(34)27-30)43-31-14-6-5-13-28(31)25-37-35-17-9-12-20-42(35)48-44(37)43/h5-27H,1-4H3. The lowest BCUT2D eigenvalue weighted by atomic mass is 9.82. The maximum Gasteiger partial charge on any atom is 0.160 e.